The van der Waals surface area contributed by atoms with E-state index in [1.807, 2.05) is 109 Å². The highest BCUT2D eigenvalue weighted by Crippen LogP contribution is 2.31. The Kier molecular flexibility index (Phi) is 12.6. The first kappa shape index (κ1) is 33.9. The van der Waals surface area contributed by atoms with Crippen LogP contribution in [0.5, 0.6) is 5.75 Å². The fraction of sp³-hybridized carbons (Fsp3) is 0.0857. The van der Waals surface area contributed by atoms with Crippen LogP contribution in [0.4, 0.5) is 11.4 Å². The number of carbonyl (C=O) groups is 2. The van der Waals surface area contributed by atoms with Gasteiger partial charge < -0.3 is 26.6 Å². The minimum Gasteiger partial charge on any atom is -0.506 e. The van der Waals surface area contributed by atoms with Gasteiger partial charge in [-0.25, -0.2) is 4.79 Å². The van der Waals surface area contributed by atoms with Crippen LogP contribution in [0.2, 0.25) is 0 Å². The van der Waals surface area contributed by atoms with Crippen molar-refractivity contribution in [1.82, 2.24) is 4.90 Å². The summed E-state index contributed by atoms with van der Waals surface area (Å²) in [5.74, 6) is -1.53. The number of nitrogens with zero attached hydrogens (tertiary/aromatic N) is 1. The van der Waals surface area contributed by atoms with Crippen LogP contribution in [0.15, 0.2) is 130 Å². The van der Waals surface area contributed by atoms with Crippen molar-refractivity contribution in [3.63, 3.8) is 0 Å². The highest BCUT2D eigenvalue weighted by Gasteiger charge is 2.23. The van der Waals surface area contributed by atoms with Gasteiger partial charge in [-0.15, -0.1) is 0 Å². The molecule has 0 atom stereocenters. The molecule has 1 amide bonds. The molecule has 6 N–H and O–H groups in total. The summed E-state index contributed by atoms with van der Waals surface area (Å²) in [4.78, 5) is 24.5. The number of nitrogen functional groups attached to an aromatic ring is 2. The number of aromatic carboxylic acids is 1. The average molecular weight is 719 g/mol. The first-order valence-corrected chi connectivity index (χ1v) is 15.0. The molecule has 0 aliphatic carbocycles. The van der Waals surface area contributed by atoms with Crippen molar-refractivity contribution >= 4 is 55.1 Å². The van der Waals surface area contributed by atoms with E-state index in [2.05, 4.69) is 31.9 Å². The number of anilines is 2. The largest absolute Gasteiger partial charge is 0.506 e. The van der Waals surface area contributed by atoms with Gasteiger partial charge in [-0.3, -0.25) is 4.79 Å². The van der Waals surface area contributed by atoms with Crippen molar-refractivity contribution in [1.29, 1.82) is 0 Å². The van der Waals surface area contributed by atoms with Crippen molar-refractivity contribution < 1.29 is 19.8 Å². The van der Waals surface area contributed by atoms with E-state index in [4.69, 9.17) is 16.6 Å². The molecule has 5 aromatic carbocycles. The van der Waals surface area contributed by atoms with Crippen LogP contribution >= 0.6 is 31.9 Å². The van der Waals surface area contributed by atoms with Gasteiger partial charge >= 0.3 is 5.97 Å². The molecule has 0 bridgehead atoms. The monoisotopic (exact) mass is 717 g/mol. The SMILES string of the molecule is CN(C)C(=O)C(c1ccccc1)c1ccccc1.Nc1ccc(-c2ccc(N)cc2)cc1.O=C(O)c1cc(Br)cc(Br)c1O. The molecule has 5 aromatic rings. The fourth-order valence-electron chi connectivity index (χ4n) is 4.11. The predicted octanol–water partition coefficient (Wildman–Crippen LogP) is 8.04. The third kappa shape index (κ3) is 9.72. The lowest BCUT2D eigenvalue weighted by molar-refractivity contribution is -0.129. The van der Waals surface area contributed by atoms with Gasteiger partial charge in [0.2, 0.25) is 5.91 Å². The molecule has 0 aromatic heterocycles. The molecule has 9 heteroatoms. The molecule has 226 valence electrons. The van der Waals surface area contributed by atoms with Gasteiger partial charge in [0.05, 0.1) is 10.4 Å². The van der Waals surface area contributed by atoms with Crippen LogP contribution < -0.4 is 11.5 Å². The number of aromatic hydroxyl groups is 1. The van der Waals surface area contributed by atoms with E-state index in [-0.39, 0.29) is 23.1 Å². The number of carbonyl (C=O) groups excluding carboxylic acids is 1. The zero-order valence-electron chi connectivity index (χ0n) is 24.2. The van der Waals surface area contributed by atoms with E-state index < -0.39 is 5.97 Å². The minimum absolute atomic E-state index is 0.104. The Morgan fingerprint density at radius 1 is 0.682 bits per heavy atom. The lowest BCUT2D eigenvalue weighted by Crippen LogP contribution is -2.28. The van der Waals surface area contributed by atoms with Crippen molar-refractivity contribution in [2.24, 2.45) is 0 Å². The van der Waals surface area contributed by atoms with Crippen LogP contribution in [0.1, 0.15) is 27.4 Å². The summed E-state index contributed by atoms with van der Waals surface area (Å²) in [6.07, 6.45) is 0. The molecule has 0 aliphatic heterocycles. The van der Waals surface area contributed by atoms with Gasteiger partial charge in [0, 0.05) is 29.9 Å². The van der Waals surface area contributed by atoms with Crippen LogP contribution in [0.25, 0.3) is 11.1 Å². The van der Waals surface area contributed by atoms with Crippen molar-refractivity contribution in [2.45, 2.75) is 5.92 Å². The van der Waals surface area contributed by atoms with Gasteiger partial charge in [0.25, 0.3) is 0 Å². The third-order valence-electron chi connectivity index (χ3n) is 6.37. The predicted molar refractivity (Wildman–Crippen MR) is 185 cm³/mol. The molecule has 0 saturated heterocycles. The number of nitrogens with two attached hydrogens (primary N) is 2. The average Bonchev–Trinajstić information content (AvgIpc) is 3.01. The topological polar surface area (TPSA) is 130 Å². The van der Waals surface area contributed by atoms with E-state index in [9.17, 15) is 14.7 Å². The highest BCUT2D eigenvalue weighted by molar-refractivity contribution is 9.11. The molecule has 0 heterocycles. The number of carboxylic acids is 1. The number of halogens is 2. The number of benzene rings is 5. The second-order valence-corrected chi connectivity index (χ2v) is 11.6. The molecule has 0 fully saturated rings. The molecule has 5 rings (SSSR count). The van der Waals surface area contributed by atoms with Crippen molar-refractivity contribution in [2.75, 3.05) is 25.6 Å². The second kappa shape index (κ2) is 16.3. The third-order valence-corrected chi connectivity index (χ3v) is 7.43. The standard InChI is InChI=1S/C16H17NO.C12H12N2.C7H4Br2O3/c1-17(2)16(18)15(13-9-5-3-6-10-13)14-11-7-4-8-12-14;13-11-5-1-9(2-6-11)10-3-7-12(14)8-4-10;8-3-1-4(7(11)12)6(10)5(9)2-3/h3-12,15H,1-2H3;1-8H,13-14H2;1-2,10H,(H,11,12). The summed E-state index contributed by atoms with van der Waals surface area (Å²) in [6.45, 7) is 0. The first-order chi connectivity index (χ1) is 21.0. The van der Waals surface area contributed by atoms with E-state index in [1.165, 1.54) is 6.07 Å². The Labute approximate surface area is 274 Å². The fourth-order valence-corrected chi connectivity index (χ4v) is 5.33. The highest BCUT2D eigenvalue weighted by atomic mass is 79.9. The summed E-state index contributed by atoms with van der Waals surface area (Å²) >= 11 is 6.13. The van der Waals surface area contributed by atoms with E-state index in [1.54, 1.807) is 25.1 Å². The van der Waals surface area contributed by atoms with Gasteiger partial charge in [-0.1, -0.05) is 101 Å². The molecule has 0 spiro atoms. The van der Waals surface area contributed by atoms with Crippen LogP contribution in [0.3, 0.4) is 0 Å². The maximum absolute atomic E-state index is 12.4. The Hall–Kier alpha value is -4.60. The summed E-state index contributed by atoms with van der Waals surface area (Å²) in [7, 11) is 3.59. The minimum atomic E-state index is -1.16. The number of hydrogen-bond donors (Lipinski definition) is 4. The van der Waals surface area contributed by atoms with Crippen molar-refractivity contribution in [3.05, 3.63) is 147 Å². The first-order valence-electron chi connectivity index (χ1n) is 13.4. The van der Waals surface area contributed by atoms with E-state index >= 15 is 0 Å². The molecule has 0 radical (unpaired) electrons. The lowest BCUT2D eigenvalue weighted by Gasteiger charge is -2.21. The normalized spacial score (nSPS) is 10.1. The number of amides is 1. The summed E-state index contributed by atoms with van der Waals surface area (Å²) in [5.41, 5.74) is 17.0. The van der Waals surface area contributed by atoms with Crippen LogP contribution in [-0.2, 0) is 4.79 Å². The smallest absolute Gasteiger partial charge is 0.339 e. The number of carboxylic acid groups (broad SMARTS) is 1. The molecular weight excluding hydrogens is 686 g/mol. The summed E-state index contributed by atoms with van der Waals surface area (Å²) in [5, 5.41) is 17.9. The Bertz CT molecular complexity index is 1580. The molecule has 0 aliphatic rings. The van der Waals surface area contributed by atoms with Crippen molar-refractivity contribution in [3.8, 4) is 16.9 Å². The number of phenols is 1. The second-order valence-electron chi connectivity index (χ2n) is 9.82. The van der Waals surface area contributed by atoms with E-state index in [0.29, 0.717) is 8.95 Å². The summed E-state index contributed by atoms with van der Waals surface area (Å²) in [6, 6.07) is 38.3. The lowest BCUT2D eigenvalue weighted by atomic mass is 9.90. The quantitative estimate of drug-likeness (QED) is 0.136. The Balaban J connectivity index is 0.000000185. The van der Waals surface area contributed by atoms with Gasteiger partial charge in [-0.2, -0.15) is 0 Å². The Morgan fingerprint density at radius 2 is 1.09 bits per heavy atom. The van der Waals surface area contributed by atoms with Gasteiger partial charge in [0.1, 0.15) is 11.3 Å². The maximum atomic E-state index is 12.4. The molecule has 0 unspecified atom stereocenters. The molecule has 7 nitrogen and oxygen atoms in total. The van der Waals surface area contributed by atoms with E-state index in [0.717, 1.165) is 33.6 Å². The zero-order chi connectivity index (χ0) is 32.2. The van der Waals surface area contributed by atoms with Gasteiger partial charge in [0.15, 0.2) is 0 Å². The number of rotatable bonds is 5. The summed E-state index contributed by atoms with van der Waals surface area (Å²) < 4.78 is 0.957. The number of hydrogen-bond acceptors (Lipinski definition) is 5. The maximum Gasteiger partial charge on any atom is 0.339 e. The van der Waals surface area contributed by atoms with Crippen LogP contribution in [0, 0.1) is 0 Å². The zero-order valence-corrected chi connectivity index (χ0v) is 27.4. The van der Waals surface area contributed by atoms with Crippen LogP contribution in [-0.4, -0.2) is 41.1 Å². The number of likely N-dealkylation sites (N-methyl/N-ethyl adjacent to an activating group) is 1. The van der Waals surface area contributed by atoms with Gasteiger partial charge in [-0.05, 0) is 74.6 Å². The molecule has 0 saturated carbocycles. The molecular formula is C35H33Br2N3O4. The molecule has 44 heavy (non-hydrogen) atoms. The Morgan fingerprint density at radius 3 is 1.45 bits per heavy atom.